The normalized spacial score (nSPS) is 11.6. The summed E-state index contributed by atoms with van der Waals surface area (Å²) in [6.45, 7) is 5.22. The molecule has 3 aromatic rings. The minimum Gasteiger partial charge on any atom is -0.478 e. The summed E-state index contributed by atoms with van der Waals surface area (Å²) in [7, 11) is 0. The molecule has 1 N–H and O–H groups in total. The average Bonchev–Trinajstić information content (AvgIpc) is 2.73. The molecule has 0 spiro atoms. The minimum atomic E-state index is -0.897. The Balaban J connectivity index is 2.38. The van der Waals surface area contributed by atoms with Crippen molar-refractivity contribution in [2.75, 3.05) is 0 Å². The van der Waals surface area contributed by atoms with E-state index in [1.807, 2.05) is 18.3 Å². The number of hydrogen-bond donors (Lipinski definition) is 1. The molecular formula is C16H16N2O2. The Morgan fingerprint density at radius 2 is 2.05 bits per heavy atom. The minimum absolute atomic E-state index is 0.318. The number of aromatic nitrogens is 2. The number of nitrogens with zero attached hydrogens (tertiary/aromatic N) is 2. The summed E-state index contributed by atoms with van der Waals surface area (Å²) < 4.78 is 2.22. The lowest BCUT2D eigenvalue weighted by Crippen LogP contribution is -2.04. The zero-order chi connectivity index (χ0) is 14.3. The van der Waals surface area contributed by atoms with Gasteiger partial charge in [0, 0.05) is 29.0 Å². The second kappa shape index (κ2) is 4.63. The summed E-state index contributed by atoms with van der Waals surface area (Å²) in [4.78, 5) is 15.3. The highest BCUT2D eigenvalue weighted by molar-refractivity contribution is 6.09. The molecule has 0 amide bonds. The number of hydrogen-bond acceptors (Lipinski definition) is 2. The Kier molecular flexibility index (Phi) is 2.93. The van der Waals surface area contributed by atoms with Crippen molar-refractivity contribution in [2.24, 2.45) is 5.92 Å². The van der Waals surface area contributed by atoms with Crippen molar-refractivity contribution in [1.29, 1.82) is 0 Å². The standard InChI is InChI=1S/C16H16N2O2/c1-10(2)9-18-14-4-3-11(16(19)20)7-13(14)12-5-6-17-8-15(12)18/h3-8,10H,9H2,1-2H3,(H,19,20). The third-order valence-corrected chi connectivity index (χ3v) is 3.46. The van der Waals surface area contributed by atoms with E-state index in [-0.39, 0.29) is 0 Å². The van der Waals surface area contributed by atoms with Crippen LogP contribution in [0.2, 0.25) is 0 Å². The molecule has 2 heterocycles. The molecule has 0 atom stereocenters. The Hall–Kier alpha value is -2.36. The van der Waals surface area contributed by atoms with Gasteiger partial charge in [0.15, 0.2) is 0 Å². The molecule has 0 aliphatic heterocycles. The van der Waals surface area contributed by atoms with Crippen LogP contribution in [0.1, 0.15) is 24.2 Å². The Labute approximate surface area is 116 Å². The van der Waals surface area contributed by atoms with Crippen LogP contribution in [0, 0.1) is 5.92 Å². The number of aromatic carboxylic acids is 1. The molecule has 0 fully saturated rings. The highest BCUT2D eigenvalue weighted by atomic mass is 16.4. The van der Waals surface area contributed by atoms with Gasteiger partial charge in [0.1, 0.15) is 0 Å². The van der Waals surface area contributed by atoms with Gasteiger partial charge < -0.3 is 9.67 Å². The third-order valence-electron chi connectivity index (χ3n) is 3.46. The van der Waals surface area contributed by atoms with Crippen LogP contribution in [-0.4, -0.2) is 20.6 Å². The van der Waals surface area contributed by atoms with E-state index < -0.39 is 5.97 Å². The fourth-order valence-corrected chi connectivity index (χ4v) is 2.64. The highest BCUT2D eigenvalue weighted by Crippen LogP contribution is 2.29. The molecule has 102 valence electrons. The number of fused-ring (bicyclic) bond motifs is 3. The maximum Gasteiger partial charge on any atom is 0.335 e. The van der Waals surface area contributed by atoms with Gasteiger partial charge in [-0.15, -0.1) is 0 Å². The van der Waals surface area contributed by atoms with E-state index in [1.54, 1.807) is 18.3 Å². The summed E-state index contributed by atoms with van der Waals surface area (Å²) in [6, 6.07) is 7.24. The smallest absolute Gasteiger partial charge is 0.335 e. The molecular weight excluding hydrogens is 252 g/mol. The first-order chi connectivity index (χ1) is 9.58. The molecule has 20 heavy (non-hydrogen) atoms. The van der Waals surface area contributed by atoms with E-state index in [9.17, 15) is 4.79 Å². The molecule has 0 unspecified atom stereocenters. The first kappa shape index (κ1) is 12.7. The molecule has 1 aromatic carbocycles. The lowest BCUT2D eigenvalue weighted by Gasteiger charge is -2.09. The zero-order valence-corrected chi connectivity index (χ0v) is 11.5. The van der Waals surface area contributed by atoms with E-state index in [0.717, 1.165) is 28.4 Å². The van der Waals surface area contributed by atoms with Gasteiger partial charge in [-0.1, -0.05) is 13.8 Å². The summed E-state index contributed by atoms with van der Waals surface area (Å²) in [6.07, 6.45) is 3.59. The molecule has 0 saturated heterocycles. The van der Waals surface area contributed by atoms with Crippen LogP contribution >= 0.6 is 0 Å². The largest absolute Gasteiger partial charge is 0.478 e. The molecule has 0 aliphatic rings. The molecule has 0 saturated carbocycles. The first-order valence-corrected chi connectivity index (χ1v) is 6.67. The van der Waals surface area contributed by atoms with Crippen molar-refractivity contribution in [1.82, 2.24) is 9.55 Å². The topological polar surface area (TPSA) is 55.1 Å². The molecule has 3 rings (SSSR count). The van der Waals surface area contributed by atoms with Crippen molar-refractivity contribution < 1.29 is 9.90 Å². The molecule has 0 radical (unpaired) electrons. The van der Waals surface area contributed by atoms with E-state index in [4.69, 9.17) is 5.11 Å². The summed E-state index contributed by atoms with van der Waals surface area (Å²) in [5.74, 6) is -0.390. The number of carboxylic acid groups (broad SMARTS) is 1. The molecule has 4 heteroatoms. The molecule has 0 aliphatic carbocycles. The van der Waals surface area contributed by atoms with Crippen LogP contribution in [0.5, 0.6) is 0 Å². The van der Waals surface area contributed by atoms with Crippen LogP contribution in [0.3, 0.4) is 0 Å². The lowest BCUT2D eigenvalue weighted by molar-refractivity contribution is 0.0697. The maximum absolute atomic E-state index is 11.1. The monoisotopic (exact) mass is 268 g/mol. The number of pyridine rings is 1. The van der Waals surface area contributed by atoms with Crippen LogP contribution in [0.25, 0.3) is 21.8 Å². The Bertz CT molecular complexity index is 803. The van der Waals surface area contributed by atoms with Crippen molar-refractivity contribution >= 4 is 27.8 Å². The molecule has 4 nitrogen and oxygen atoms in total. The van der Waals surface area contributed by atoms with Crippen LogP contribution in [0.4, 0.5) is 0 Å². The van der Waals surface area contributed by atoms with Crippen molar-refractivity contribution in [2.45, 2.75) is 20.4 Å². The molecule has 0 bridgehead atoms. The maximum atomic E-state index is 11.1. The van der Waals surface area contributed by atoms with E-state index in [0.29, 0.717) is 11.5 Å². The summed E-state index contributed by atoms with van der Waals surface area (Å²) >= 11 is 0. The third kappa shape index (κ3) is 1.93. The van der Waals surface area contributed by atoms with Gasteiger partial charge in [-0.05, 0) is 30.2 Å². The van der Waals surface area contributed by atoms with Gasteiger partial charge in [-0.2, -0.15) is 0 Å². The zero-order valence-electron chi connectivity index (χ0n) is 11.5. The highest BCUT2D eigenvalue weighted by Gasteiger charge is 2.13. The SMILES string of the molecule is CC(C)Cn1c2ccc(C(=O)O)cc2c2ccncc21. The second-order valence-corrected chi connectivity index (χ2v) is 5.43. The quantitative estimate of drug-likeness (QED) is 0.790. The number of carboxylic acids is 1. The summed E-state index contributed by atoms with van der Waals surface area (Å²) in [5.41, 5.74) is 2.43. The van der Waals surface area contributed by atoms with Crippen LogP contribution in [-0.2, 0) is 6.54 Å². The lowest BCUT2D eigenvalue weighted by atomic mass is 10.1. The van der Waals surface area contributed by atoms with E-state index in [1.165, 1.54) is 0 Å². The van der Waals surface area contributed by atoms with Crippen molar-refractivity contribution in [3.05, 3.63) is 42.2 Å². The van der Waals surface area contributed by atoms with Crippen molar-refractivity contribution in [3.63, 3.8) is 0 Å². The van der Waals surface area contributed by atoms with Gasteiger partial charge in [0.05, 0.1) is 17.3 Å². The summed E-state index contributed by atoms with van der Waals surface area (Å²) in [5, 5.41) is 11.2. The molecule has 2 aromatic heterocycles. The van der Waals surface area contributed by atoms with Crippen LogP contribution in [0.15, 0.2) is 36.7 Å². The number of carbonyl (C=O) groups is 1. The van der Waals surface area contributed by atoms with Gasteiger partial charge >= 0.3 is 5.97 Å². The van der Waals surface area contributed by atoms with E-state index in [2.05, 4.69) is 23.4 Å². The van der Waals surface area contributed by atoms with Gasteiger partial charge in [0.25, 0.3) is 0 Å². The van der Waals surface area contributed by atoms with E-state index >= 15 is 0 Å². The number of benzene rings is 1. The van der Waals surface area contributed by atoms with Gasteiger partial charge in [-0.25, -0.2) is 4.79 Å². The fraction of sp³-hybridized carbons (Fsp3) is 0.250. The van der Waals surface area contributed by atoms with Crippen LogP contribution < -0.4 is 0 Å². The Morgan fingerprint density at radius 1 is 1.25 bits per heavy atom. The first-order valence-electron chi connectivity index (χ1n) is 6.67. The Morgan fingerprint density at radius 3 is 2.75 bits per heavy atom. The van der Waals surface area contributed by atoms with Gasteiger partial charge in [0.2, 0.25) is 0 Å². The second-order valence-electron chi connectivity index (χ2n) is 5.43. The average molecular weight is 268 g/mol. The van der Waals surface area contributed by atoms with Crippen molar-refractivity contribution in [3.8, 4) is 0 Å². The van der Waals surface area contributed by atoms with Gasteiger partial charge in [-0.3, -0.25) is 4.98 Å². The number of rotatable bonds is 3. The predicted molar refractivity (Wildman–Crippen MR) is 79.0 cm³/mol. The fourth-order valence-electron chi connectivity index (χ4n) is 2.64. The predicted octanol–water partition coefficient (Wildman–Crippen LogP) is 3.54.